The van der Waals surface area contributed by atoms with Crippen LogP contribution in [-0.4, -0.2) is 35.2 Å². The van der Waals surface area contributed by atoms with Crippen molar-refractivity contribution in [3.05, 3.63) is 35.7 Å². The molecule has 2 heterocycles. The van der Waals surface area contributed by atoms with E-state index in [1.807, 2.05) is 6.07 Å². The van der Waals surface area contributed by atoms with Gasteiger partial charge in [-0.3, -0.25) is 0 Å². The maximum Gasteiger partial charge on any atom is 0.257 e. The Morgan fingerprint density at radius 3 is 2.95 bits per heavy atom. The van der Waals surface area contributed by atoms with Gasteiger partial charge in [-0.2, -0.15) is 4.98 Å². The van der Waals surface area contributed by atoms with Gasteiger partial charge in [-0.05, 0) is 69.0 Å². The Balaban J connectivity index is 1.59. The lowest BCUT2D eigenvalue weighted by atomic mass is 9.90. The molecule has 2 aliphatic rings. The largest absolute Gasteiger partial charge is 0.334 e. The van der Waals surface area contributed by atoms with Crippen molar-refractivity contribution in [2.24, 2.45) is 0 Å². The maximum atomic E-state index is 5.42. The number of rotatable bonds is 3. The van der Waals surface area contributed by atoms with E-state index in [4.69, 9.17) is 4.52 Å². The molecule has 109 valence electrons. The summed E-state index contributed by atoms with van der Waals surface area (Å²) in [6, 6.07) is 9.49. The Morgan fingerprint density at radius 1 is 1.24 bits per heavy atom. The Hall–Kier alpha value is -1.68. The Labute approximate surface area is 125 Å². The van der Waals surface area contributed by atoms with Gasteiger partial charge in [0.25, 0.3) is 5.89 Å². The molecule has 0 bridgehead atoms. The molecule has 0 spiro atoms. The second-order valence-corrected chi connectivity index (χ2v) is 6.39. The highest BCUT2D eigenvalue weighted by atomic mass is 16.5. The molecule has 1 radical (unpaired) electrons. The number of likely N-dealkylation sites (tertiary alicyclic amines) is 1. The smallest absolute Gasteiger partial charge is 0.257 e. The highest BCUT2D eigenvalue weighted by Gasteiger charge is 2.29. The quantitative estimate of drug-likeness (QED) is 0.867. The van der Waals surface area contributed by atoms with Crippen molar-refractivity contribution in [1.29, 1.82) is 0 Å². The molecule has 1 atom stereocenters. The van der Waals surface area contributed by atoms with Gasteiger partial charge in [-0.1, -0.05) is 11.2 Å². The molecular weight excluding hydrogens is 262 g/mol. The molecule has 1 aliphatic carbocycles. The summed E-state index contributed by atoms with van der Waals surface area (Å²) < 4.78 is 5.42. The van der Waals surface area contributed by atoms with Gasteiger partial charge in [-0.25, -0.2) is 0 Å². The van der Waals surface area contributed by atoms with Gasteiger partial charge in [0.1, 0.15) is 0 Å². The zero-order chi connectivity index (χ0) is 14.2. The Bertz CT molecular complexity index is 632. The van der Waals surface area contributed by atoms with Crippen LogP contribution in [0.4, 0.5) is 0 Å². The van der Waals surface area contributed by atoms with Gasteiger partial charge in [0.2, 0.25) is 0 Å². The molecule has 0 N–H and O–H groups in total. The van der Waals surface area contributed by atoms with Crippen LogP contribution < -0.4 is 0 Å². The second kappa shape index (κ2) is 5.26. The number of nitrogens with zero attached hydrogens (tertiary/aromatic N) is 3. The molecule has 1 aromatic carbocycles. The fourth-order valence-electron chi connectivity index (χ4n) is 3.15. The maximum absolute atomic E-state index is 5.42. The van der Waals surface area contributed by atoms with E-state index in [1.165, 1.54) is 37.8 Å². The van der Waals surface area contributed by atoms with Crippen LogP contribution in [0.1, 0.15) is 48.9 Å². The molecule has 4 rings (SSSR count). The van der Waals surface area contributed by atoms with Crippen LogP contribution in [0.25, 0.3) is 11.5 Å². The average Bonchev–Trinajstić information content (AvgIpc) is 3.25. The SMILES string of the molecule is CN1CCCC(c2c[c]cc(-c3nc(C4CC4)no3)c2)C1. The summed E-state index contributed by atoms with van der Waals surface area (Å²) in [6.07, 6.45) is 4.90. The lowest BCUT2D eigenvalue weighted by Crippen LogP contribution is -2.30. The van der Waals surface area contributed by atoms with E-state index in [1.54, 1.807) is 0 Å². The minimum atomic E-state index is 0.529. The zero-order valence-corrected chi connectivity index (χ0v) is 12.4. The molecule has 4 heteroatoms. The minimum absolute atomic E-state index is 0.529. The van der Waals surface area contributed by atoms with Crippen molar-refractivity contribution in [2.75, 3.05) is 20.1 Å². The molecule has 1 unspecified atom stereocenters. The molecule has 1 aliphatic heterocycles. The molecule has 1 aromatic heterocycles. The minimum Gasteiger partial charge on any atom is -0.334 e. The monoisotopic (exact) mass is 282 g/mol. The summed E-state index contributed by atoms with van der Waals surface area (Å²) in [4.78, 5) is 6.94. The first-order chi connectivity index (χ1) is 10.3. The van der Waals surface area contributed by atoms with E-state index in [-0.39, 0.29) is 0 Å². The highest BCUT2D eigenvalue weighted by Crippen LogP contribution is 2.39. The van der Waals surface area contributed by atoms with E-state index in [0.717, 1.165) is 17.9 Å². The topological polar surface area (TPSA) is 42.2 Å². The van der Waals surface area contributed by atoms with Crippen molar-refractivity contribution in [1.82, 2.24) is 15.0 Å². The summed E-state index contributed by atoms with van der Waals surface area (Å²) in [5.41, 5.74) is 2.34. The molecule has 4 nitrogen and oxygen atoms in total. The average molecular weight is 282 g/mol. The van der Waals surface area contributed by atoms with Gasteiger partial charge in [0, 0.05) is 18.0 Å². The first-order valence-corrected chi connectivity index (χ1v) is 7.83. The van der Waals surface area contributed by atoms with Gasteiger partial charge in [0.15, 0.2) is 5.82 Å². The fourth-order valence-corrected chi connectivity index (χ4v) is 3.15. The molecule has 21 heavy (non-hydrogen) atoms. The van der Waals surface area contributed by atoms with Gasteiger partial charge >= 0.3 is 0 Å². The lowest BCUT2D eigenvalue weighted by molar-refractivity contribution is 0.251. The third kappa shape index (κ3) is 2.72. The highest BCUT2D eigenvalue weighted by molar-refractivity contribution is 5.54. The van der Waals surface area contributed by atoms with E-state index >= 15 is 0 Å². The predicted octanol–water partition coefficient (Wildman–Crippen LogP) is 3.22. The molecule has 1 saturated heterocycles. The third-order valence-corrected chi connectivity index (χ3v) is 4.54. The van der Waals surface area contributed by atoms with Crippen molar-refractivity contribution in [3.8, 4) is 11.5 Å². The first-order valence-electron chi connectivity index (χ1n) is 7.83. The first kappa shape index (κ1) is 13.0. The number of piperidine rings is 1. The van der Waals surface area contributed by atoms with E-state index in [2.05, 4.69) is 40.3 Å². The van der Waals surface area contributed by atoms with Crippen molar-refractivity contribution < 1.29 is 4.52 Å². The van der Waals surface area contributed by atoms with Crippen molar-refractivity contribution in [3.63, 3.8) is 0 Å². The van der Waals surface area contributed by atoms with E-state index in [0.29, 0.717) is 17.7 Å². The summed E-state index contributed by atoms with van der Waals surface area (Å²) in [5.74, 6) is 2.62. The number of hydrogen-bond donors (Lipinski definition) is 0. The van der Waals surface area contributed by atoms with E-state index in [9.17, 15) is 0 Å². The van der Waals surface area contributed by atoms with Gasteiger partial charge < -0.3 is 9.42 Å². The van der Waals surface area contributed by atoms with Crippen LogP contribution in [0, 0.1) is 6.07 Å². The fraction of sp³-hybridized carbons (Fsp3) is 0.529. The van der Waals surface area contributed by atoms with Crippen molar-refractivity contribution >= 4 is 0 Å². The number of likely N-dealkylation sites (N-methyl/N-ethyl adjacent to an activating group) is 1. The Morgan fingerprint density at radius 2 is 2.14 bits per heavy atom. The number of aromatic nitrogens is 2. The van der Waals surface area contributed by atoms with Crippen molar-refractivity contribution in [2.45, 2.75) is 37.5 Å². The standard InChI is InChI=1S/C17H20N3O/c1-20-9-3-6-15(11-20)13-4-2-5-14(10-13)17-18-16(19-21-17)12-7-8-12/h4-5,10,12,15H,3,6-9,11H2,1H3. The van der Waals surface area contributed by atoms with Gasteiger partial charge in [-0.15, -0.1) is 0 Å². The third-order valence-electron chi connectivity index (χ3n) is 4.54. The molecular formula is C17H20N3O. The Kier molecular flexibility index (Phi) is 3.26. The van der Waals surface area contributed by atoms with Crippen LogP contribution in [0.5, 0.6) is 0 Å². The summed E-state index contributed by atoms with van der Waals surface area (Å²) >= 11 is 0. The summed E-state index contributed by atoms with van der Waals surface area (Å²) in [5, 5.41) is 4.10. The number of hydrogen-bond acceptors (Lipinski definition) is 4. The van der Waals surface area contributed by atoms with Crippen LogP contribution in [0.15, 0.2) is 22.7 Å². The molecule has 0 amide bonds. The molecule has 1 saturated carbocycles. The molecule has 2 fully saturated rings. The van der Waals surface area contributed by atoms with Gasteiger partial charge in [0.05, 0.1) is 0 Å². The van der Waals surface area contributed by atoms with Crippen LogP contribution >= 0.6 is 0 Å². The lowest BCUT2D eigenvalue weighted by Gasteiger charge is -2.30. The summed E-state index contributed by atoms with van der Waals surface area (Å²) in [7, 11) is 2.19. The van der Waals surface area contributed by atoms with E-state index < -0.39 is 0 Å². The predicted molar refractivity (Wildman–Crippen MR) is 80.0 cm³/mol. The normalized spacial score (nSPS) is 23.4. The number of benzene rings is 1. The zero-order valence-electron chi connectivity index (χ0n) is 12.4. The van der Waals surface area contributed by atoms with Crippen LogP contribution in [0.2, 0.25) is 0 Å². The summed E-state index contributed by atoms with van der Waals surface area (Å²) in [6.45, 7) is 2.32. The second-order valence-electron chi connectivity index (χ2n) is 6.39. The van der Waals surface area contributed by atoms with Crippen LogP contribution in [-0.2, 0) is 0 Å². The van der Waals surface area contributed by atoms with Crippen LogP contribution in [0.3, 0.4) is 0 Å². The molecule has 2 aromatic rings.